The lowest BCUT2D eigenvalue weighted by molar-refractivity contribution is -0.142. The van der Waals surface area contributed by atoms with Crippen LogP contribution in [0.4, 0.5) is 10.1 Å². The van der Waals surface area contributed by atoms with Gasteiger partial charge in [0.05, 0.1) is 51.9 Å². The number of anilines is 1. The highest BCUT2D eigenvalue weighted by molar-refractivity contribution is 9.13. The molecule has 2 saturated heterocycles. The Labute approximate surface area is 278 Å². The summed E-state index contributed by atoms with van der Waals surface area (Å²) in [5.74, 6) is -8.10. The highest BCUT2D eigenvalue weighted by Gasteiger charge is 2.68. The third kappa shape index (κ3) is 4.56. The number of rotatable bonds is 6. The molecule has 2 aliphatic heterocycles. The topological polar surface area (TPSA) is 142 Å². The molecule has 6 rings (SSSR count). The molecule has 2 N–H and O–H groups in total. The van der Waals surface area contributed by atoms with E-state index in [2.05, 4.69) is 31.9 Å². The first-order chi connectivity index (χ1) is 21.2. The fraction of sp³-hybridized carbons (Fsp3) is 0.387. The molecule has 0 unspecified atom stereocenters. The van der Waals surface area contributed by atoms with E-state index in [1.54, 1.807) is 13.0 Å². The number of hydrogen-bond donors (Lipinski definition) is 2. The molecule has 4 aliphatic rings. The minimum atomic E-state index is -1.42. The number of methoxy groups -OCH3 is 1. The maximum atomic E-state index is 14.5. The molecule has 236 valence electrons. The number of aliphatic carboxylic acids is 1. The van der Waals surface area contributed by atoms with E-state index in [4.69, 9.17) is 16.3 Å². The summed E-state index contributed by atoms with van der Waals surface area (Å²) in [4.78, 5) is 69.2. The number of hydrogen-bond acceptors (Lipinski definition) is 7. The van der Waals surface area contributed by atoms with Gasteiger partial charge in [0.15, 0.2) is 11.5 Å². The molecular weight excluding hydrogens is 743 g/mol. The lowest BCUT2D eigenvalue weighted by atomic mass is 9.51. The zero-order valence-corrected chi connectivity index (χ0v) is 27.8. The van der Waals surface area contributed by atoms with E-state index in [1.165, 1.54) is 19.2 Å². The molecule has 2 aromatic rings. The number of ether oxygens (including phenoxy) is 1. The number of benzene rings is 2. The average molecular weight is 769 g/mol. The van der Waals surface area contributed by atoms with Crippen LogP contribution in [0.25, 0.3) is 0 Å². The summed E-state index contributed by atoms with van der Waals surface area (Å²) in [6.45, 7) is 1.41. The number of imide groups is 2. The van der Waals surface area contributed by atoms with Crippen molar-refractivity contribution in [2.24, 2.45) is 29.1 Å². The van der Waals surface area contributed by atoms with Crippen LogP contribution in [0.5, 0.6) is 11.5 Å². The monoisotopic (exact) mass is 766 g/mol. The largest absolute Gasteiger partial charge is 0.503 e. The molecule has 2 heterocycles. The molecule has 14 heteroatoms. The van der Waals surface area contributed by atoms with Gasteiger partial charge in [-0.25, -0.2) is 9.29 Å². The number of aromatic hydroxyl groups is 1. The summed E-state index contributed by atoms with van der Waals surface area (Å²) in [6, 6.07) is 5.15. The van der Waals surface area contributed by atoms with Crippen molar-refractivity contribution in [3.8, 4) is 11.5 Å². The Balaban J connectivity index is 1.54. The number of fused-ring (bicyclic) bond motifs is 4. The Hall–Kier alpha value is -3.29. The second-order valence-corrected chi connectivity index (χ2v) is 13.9. The van der Waals surface area contributed by atoms with Gasteiger partial charge in [0.2, 0.25) is 23.6 Å². The van der Waals surface area contributed by atoms with Crippen LogP contribution in [0.1, 0.15) is 37.7 Å². The van der Waals surface area contributed by atoms with Crippen molar-refractivity contribution in [1.82, 2.24) is 4.90 Å². The molecule has 2 aliphatic carbocycles. The van der Waals surface area contributed by atoms with Gasteiger partial charge in [0, 0.05) is 16.9 Å². The molecule has 0 bridgehead atoms. The van der Waals surface area contributed by atoms with Crippen molar-refractivity contribution in [3.05, 3.63) is 61.3 Å². The highest BCUT2D eigenvalue weighted by atomic mass is 79.9. The van der Waals surface area contributed by atoms with Gasteiger partial charge >= 0.3 is 5.97 Å². The van der Waals surface area contributed by atoms with Gasteiger partial charge in [-0.15, -0.1) is 0 Å². The molecule has 10 nitrogen and oxygen atoms in total. The first kappa shape index (κ1) is 31.7. The summed E-state index contributed by atoms with van der Waals surface area (Å²) < 4.78 is 20.2. The quantitative estimate of drug-likeness (QED) is 0.293. The van der Waals surface area contributed by atoms with Crippen LogP contribution in [0.3, 0.4) is 0 Å². The molecule has 4 amide bonds. The smallest absolute Gasteiger partial charge is 0.305 e. The lowest BCUT2D eigenvalue weighted by Crippen LogP contribution is -2.49. The van der Waals surface area contributed by atoms with Gasteiger partial charge in [-0.1, -0.05) is 23.3 Å². The van der Waals surface area contributed by atoms with Crippen LogP contribution in [0.15, 0.2) is 44.9 Å². The van der Waals surface area contributed by atoms with Crippen LogP contribution in [0, 0.1) is 34.9 Å². The van der Waals surface area contributed by atoms with Crippen molar-refractivity contribution >= 4 is 78.7 Å². The van der Waals surface area contributed by atoms with E-state index in [-0.39, 0.29) is 46.1 Å². The van der Waals surface area contributed by atoms with Crippen LogP contribution in [0.2, 0.25) is 5.02 Å². The van der Waals surface area contributed by atoms with Crippen LogP contribution >= 0.6 is 43.5 Å². The van der Waals surface area contributed by atoms with Crippen molar-refractivity contribution < 1.29 is 43.3 Å². The molecule has 0 aromatic heterocycles. The van der Waals surface area contributed by atoms with Gasteiger partial charge in [0.1, 0.15) is 5.82 Å². The van der Waals surface area contributed by atoms with E-state index in [0.717, 1.165) is 15.9 Å². The third-order valence-corrected chi connectivity index (χ3v) is 12.2. The minimum Gasteiger partial charge on any atom is -0.503 e. The highest BCUT2D eigenvalue weighted by Crippen LogP contribution is 2.65. The van der Waals surface area contributed by atoms with Gasteiger partial charge < -0.3 is 14.9 Å². The van der Waals surface area contributed by atoms with Crippen LogP contribution in [-0.4, -0.2) is 58.4 Å². The standard InChI is InChI=1S/C31H26Br2ClFN2O8/c1-31-17(28(42)37(30(31)44)12-3-6-19(35)18(34)9-12)10-15-13(23(31)16-11-20(45-2)26(40)25(33)24(16)32)4-5-14-22(15)29(43)36(27(14)41)8-7-21(38)39/h3-4,6,9,11,14-15,17,22-23,40H,5,7-8,10H2,1-2H3,(H,38,39)/t14-,15+,17-,22-,23+,31+/m0/s1. The number of carbonyl (C=O) groups is 5. The number of likely N-dealkylation sites (tertiary alicyclic amines) is 1. The van der Waals surface area contributed by atoms with Gasteiger partial charge in [-0.05, 0) is 87.4 Å². The SMILES string of the molecule is COc1cc([C@H]2C3=CC[C@@H]4C(=O)N(CCC(=O)O)C(=O)[C@@H]4[C@@H]3C[C@H]3C(=O)N(c4ccc(F)c(Cl)c4)C(=O)[C@@]23C)c(Br)c(Br)c1O. The molecule has 0 radical (unpaired) electrons. The Kier molecular flexibility index (Phi) is 7.89. The fourth-order valence-corrected chi connectivity index (χ4v) is 8.83. The Morgan fingerprint density at radius 1 is 1.11 bits per heavy atom. The Morgan fingerprint density at radius 3 is 2.47 bits per heavy atom. The normalized spacial score (nSPS) is 29.0. The number of phenolic OH excluding ortho intramolecular Hbond substituents is 1. The summed E-state index contributed by atoms with van der Waals surface area (Å²) in [5.41, 5.74) is -0.156. The van der Waals surface area contributed by atoms with Gasteiger partial charge in [-0.2, -0.15) is 0 Å². The second kappa shape index (κ2) is 11.2. The van der Waals surface area contributed by atoms with Crippen molar-refractivity contribution in [2.45, 2.75) is 32.1 Å². The lowest BCUT2D eigenvalue weighted by Gasteiger charge is -2.49. The molecule has 1 saturated carbocycles. The maximum Gasteiger partial charge on any atom is 0.305 e. The number of carboxylic acids is 1. The second-order valence-electron chi connectivity index (χ2n) is 11.9. The van der Waals surface area contributed by atoms with E-state index >= 15 is 0 Å². The minimum absolute atomic E-state index is 0.0653. The molecule has 6 atom stereocenters. The number of phenols is 1. The molecule has 3 fully saturated rings. The number of carbonyl (C=O) groups excluding carboxylic acids is 4. The van der Waals surface area contributed by atoms with E-state index < -0.39 is 76.8 Å². The molecule has 2 aromatic carbocycles. The van der Waals surface area contributed by atoms with Crippen LogP contribution in [-0.2, 0) is 24.0 Å². The fourth-order valence-electron chi connectivity index (χ4n) is 7.70. The Morgan fingerprint density at radius 2 is 1.82 bits per heavy atom. The van der Waals surface area contributed by atoms with E-state index in [0.29, 0.717) is 15.6 Å². The van der Waals surface area contributed by atoms with Crippen molar-refractivity contribution in [1.29, 1.82) is 0 Å². The molecular formula is C31H26Br2ClFN2O8. The third-order valence-electron chi connectivity index (χ3n) is 9.78. The predicted octanol–water partition coefficient (Wildman–Crippen LogP) is 5.42. The van der Waals surface area contributed by atoms with Gasteiger partial charge in [0.25, 0.3) is 0 Å². The number of allylic oxidation sites excluding steroid dienone is 2. The maximum absolute atomic E-state index is 14.5. The zero-order valence-electron chi connectivity index (χ0n) is 23.9. The van der Waals surface area contributed by atoms with E-state index in [9.17, 15) is 38.6 Å². The predicted molar refractivity (Wildman–Crippen MR) is 165 cm³/mol. The molecule has 0 spiro atoms. The molecule has 45 heavy (non-hydrogen) atoms. The van der Waals surface area contributed by atoms with Gasteiger partial charge in [-0.3, -0.25) is 28.9 Å². The summed E-state index contributed by atoms with van der Waals surface area (Å²) in [6.07, 6.45) is 1.69. The number of carboxylic acid groups (broad SMARTS) is 1. The summed E-state index contributed by atoms with van der Waals surface area (Å²) >= 11 is 13.0. The van der Waals surface area contributed by atoms with E-state index in [1.807, 2.05) is 6.08 Å². The first-order valence-electron chi connectivity index (χ1n) is 14.1. The summed E-state index contributed by atoms with van der Waals surface area (Å²) in [5, 5.41) is 19.6. The van der Waals surface area contributed by atoms with Crippen molar-refractivity contribution in [3.63, 3.8) is 0 Å². The summed E-state index contributed by atoms with van der Waals surface area (Å²) in [7, 11) is 1.37. The Bertz CT molecular complexity index is 1750. The van der Waals surface area contributed by atoms with Crippen LogP contribution < -0.4 is 9.64 Å². The number of nitrogens with zero attached hydrogens (tertiary/aromatic N) is 2. The zero-order chi connectivity index (χ0) is 32.7. The van der Waals surface area contributed by atoms with Crippen molar-refractivity contribution in [2.75, 3.05) is 18.6 Å². The number of amides is 4. The average Bonchev–Trinajstić information content (AvgIpc) is 3.36. The number of halogens is 4. The first-order valence-corrected chi connectivity index (χ1v) is 16.1.